The van der Waals surface area contributed by atoms with Gasteiger partial charge in [0.15, 0.2) is 5.78 Å². The Hall–Kier alpha value is -2.10. The van der Waals surface area contributed by atoms with Crippen LogP contribution in [0.25, 0.3) is 0 Å². The van der Waals surface area contributed by atoms with Gasteiger partial charge in [0.25, 0.3) is 0 Å². The molecule has 4 heteroatoms. The topological polar surface area (TPSA) is 63.3 Å². The minimum absolute atomic E-state index is 0.131. The van der Waals surface area contributed by atoms with Crippen molar-refractivity contribution in [2.75, 3.05) is 0 Å². The second-order valence-corrected chi connectivity index (χ2v) is 4.66. The Kier molecular flexibility index (Phi) is 4.00. The van der Waals surface area contributed by atoms with Crippen LogP contribution in [0.2, 0.25) is 0 Å². The molecule has 0 bridgehead atoms. The molecule has 0 unspecified atom stereocenters. The van der Waals surface area contributed by atoms with Crippen LogP contribution in [-0.4, -0.2) is 16.0 Å². The van der Waals surface area contributed by atoms with Crippen molar-refractivity contribution in [2.45, 2.75) is 33.1 Å². The van der Waals surface area contributed by atoms with E-state index >= 15 is 0 Å². The first-order valence-electron chi connectivity index (χ1n) is 6.37. The summed E-state index contributed by atoms with van der Waals surface area (Å²) in [6.45, 7) is 3.96. The van der Waals surface area contributed by atoms with Crippen LogP contribution < -0.4 is 0 Å². The number of benzene rings is 1. The second kappa shape index (κ2) is 5.69. The summed E-state index contributed by atoms with van der Waals surface area (Å²) in [6, 6.07) is 6.89. The highest BCUT2D eigenvalue weighted by atomic mass is 16.5. The van der Waals surface area contributed by atoms with Crippen molar-refractivity contribution in [1.29, 1.82) is 0 Å². The lowest BCUT2D eigenvalue weighted by atomic mass is 10.0. The van der Waals surface area contributed by atoms with E-state index in [1.54, 1.807) is 24.3 Å². The Morgan fingerprint density at radius 3 is 2.89 bits per heavy atom. The third-order valence-corrected chi connectivity index (χ3v) is 2.93. The number of ketones is 1. The molecule has 0 spiro atoms. The fraction of sp³-hybridized carbons (Fsp3) is 0.333. The van der Waals surface area contributed by atoms with Crippen molar-refractivity contribution in [3.8, 4) is 5.75 Å². The number of nitrogens with zero attached hydrogens (tertiary/aromatic N) is 1. The Morgan fingerprint density at radius 1 is 1.37 bits per heavy atom. The van der Waals surface area contributed by atoms with E-state index in [9.17, 15) is 9.90 Å². The zero-order chi connectivity index (χ0) is 13.8. The van der Waals surface area contributed by atoms with Crippen molar-refractivity contribution >= 4 is 5.78 Å². The predicted molar refractivity (Wildman–Crippen MR) is 71.4 cm³/mol. The molecule has 1 aromatic carbocycles. The Labute approximate surface area is 112 Å². The summed E-state index contributed by atoms with van der Waals surface area (Å²) in [6.07, 6.45) is 1.85. The fourth-order valence-electron chi connectivity index (χ4n) is 1.93. The van der Waals surface area contributed by atoms with Crippen LogP contribution in [0.15, 0.2) is 28.8 Å². The Bertz CT molecular complexity index is 587. The van der Waals surface area contributed by atoms with E-state index in [4.69, 9.17) is 4.52 Å². The molecule has 0 saturated carbocycles. The lowest BCUT2D eigenvalue weighted by molar-refractivity contribution is 0.0983. The first-order valence-corrected chi connectivity index (χ1v) is 6.37. The van der Waals surface area contributed by atoms with Crippen molar-refractivity contribution in [3.63, 3.8) is 0 Å². The summed E-state index contributed by atoms with van der Waals surface area (Å²) in [5.74, 6) is 0.711. The third-order valence-electron chi connectivity index (χ3n) is 2.93. The number of phenols is 1. The number of phenolic OH excluding ortho intramolecular Hbond substituents is 1. The number of rotatable bonds is 5. The molecule has 1 heterocycles. The van der Waals surface area contributed by atoms with E-state index in [1.165, 1.54) is 0 Å². The summed E-state index contributed by atoms with van der Waals surface area (Å²) < 4.78 is 5.08. The van der Waals surface area contributed by atoms with Gasteiger partial charge in [-0.1, -0.05) is 29.8 Å². The molecule has 19 heavy (non-hydrogen) atoms. The smallest absolute Gasteiger partial charge is 0.189 e. The molecule has 1 aromatic heterocycles. The summed E-state index contributed by atoms with van der Waals surface area (Å²) >= 11 is 0. The Balaban J connectivity index is 2.13. The Morgan fingerprint density at radius 2 is 2.16 bits per heavy atom. The maximum Gasteiger partial charge on any atom is 0.189 e. The number of aromatic nitrogens is 1. The van der Waals surface area contributed by atoms with Gasteiger partial charge in [-0.25, -0.2) is 0 Å². The SMILES string of the molecule is CCCc1cc(C(=O)Cc2cc(C)ccc2O)no1. The molecule has 0 atom stereocenters. The van der Waals surface area contributed by atoms with Crippen LogP contribution in [-0.2, 0) is 12.8 Å². The predicted octanol–water partition coefficient (Wildman–Crippen LogP) is 3.07. The third kappa shape index (κ3) is 3.22. The number of carbonyl (C=O) groups is 1. The van der Waals surface area contributed by atoms with Crippen LogP contribution in [0.1, 0.15) is 40.7 Å². The average Bonchev–Trinajstić information content (AvgIpc) is 2.83. The molecule has 100 valence electrons. The van der Waals surface area contributed by atoms with Crippen LogP contribution in [0, 0.1) is 6.92 Å². The molecule has 0 aliphatic rings. The number of Topliss-reactive ketones (excluding diaryl/α,β-unsaturated/α-hetero) is 1. The van der Waals surface area contributed by atoms with Crippen LogP contribution in [0.4, 0.5) is 0 Å². The first-order chi connectivity index (χ1) is 9.10. The maximum absolute atomic E-state index is 12.1. The van der Waals surface area contributed by atoms with Gasteiger partial charge in [0.1, 0.15) is 17.2 Å². The number of hydrogen-bond acceptors (Lipinski definition) is 4. The van der Waals surface area contributed by atoms with Crippen LogP contribution >= 0.6 is 0 Å². The molecule has 0 fully saturated rings. The number of aryl methyl sites for hydroxylation is 2. The molecular weight excluding hydrogens is 242 g/mol. The summed E-state index contributed by atoms with van der Waals surface area (Å²) in [5, 5.41) is 13.5. The van der Waals surface area contributed by atoms with Gasteiger partial charge < -0.3 is 9.63 Å². The second-order valence-electron chi connectivity index (χ2n) is 4.66. The summed E-state index contributed by atoms with van der Waals surface area (Å²) in [5.41, 5.74) is 1.95. The maximum atomic E-state index is 12.1. The quantitative estimate of drug-likeness (QED) is 0.838. The average molecular weight is 259 g/mol. The number of carbonyl (C=O) groups excluding carboxylic acids is 1. The van der Waals surface area contributed by atoms with Crippen molar-refractivity contribution in [1.82, 2.24) is 5.16 Å². The van der Waals surface area contributed by atoms with E-state index in [1.807, 2.05) is 13.8 Å². The van der Waals surface area contributed by atoms with Gasteiger partial charge in [0.05, 0.1) is 0 Å². The molecule has 0 radical (unpaired) electrons. The van der Waals surface area contributed by atoms with Gasteiger partial charge in [0.2, 0.25) is 0 Å². The molecule has 1 N–H and O–H groups in total. The lowest BCUT2D eigenvalue weighted by Gasteiger charge is -2.03. The van der Waals surface area contributed by atoms with Gasteiger partial charge in [-0.05, 0) is 19.4 Å². The van der Waals surface area contributed by atoms with Crippen molar-refractivity contribution < 1.29 is 14.4 Å². The van der Waals surface area contributed by atoms with Crippen LogP contribution in [0.3, 0.4) is 0 Å². The molecule has 2 aromatic rings. The standard InChI is InChI=1S/C15H17NO3/c1-3-4-12-9-13(16-19-12)15(18)8-11-7-10(2)5-6-14(11)17/h5-7,9,17H,3-4,8H2,1-2H3. The van der Waals surface area contributed by atoms with Gasteiger partial charge in [-0.15, -0.1) is 0 Å². The molecule has 4 nitrogen and oxygen atoms in total. The molecular formula is C15H17NO3. The normalized spacial score (nSPS) is 10.6. The highest BCUT2D eigenvalue weighted by Gasteiger charge is 2.14. The van der Waals surface area contributed by atoms with E-state index in [0.29, 0.717) is 11.3 Å². The zero-order valence-electron chi connectivity index (χ0n) is 11.1. The minimum atomic E-state index is -0.146. The molecule has 2 rings (SSSR count). The zero-order valence-corrected chi connectivity index (χ0v) is 11.1. The molecule has 0 aliphatic carbocycles. The summed E-state index contributed by atoms with van der Waals surface area (Å²) in [7, 11) is 0. The van der Waals surface area contributed by atoms with E-state index in [-0.39, 0.29) is 18.0 Å². The van der Waals surface area contributed by atoms with Crippen molar-refractivity contribution in [3.05, 3.63) is 46.8 Å². The molecule has 0 saturated heterocycles. The largest absolute Gasteiger partial charge is 0.508 e. The number of hydrogen-bond donors (Lipinski definition) is 1. The van der Waals surface area contributed by atoms with E-state index < -0.39 is 0 Å². The van der Waals surface area contributed by atoms with Gasteiger partial charge in [-0.2, -0.15) is 0 Å². The van der Waals surface area contributed by atoms with E-state index in [0.717, 1.165) is 24.2 Å². The van der Waals surface area contributed by atoms with Crippen LogP contribution in [0.5, 0.6) is 5.75 Å². The van der Waals surface area contributed by atoms with Gasteiger partial charge in [0, 0.05) is 24.5 Å². The van der Waals surface area contributed by atoms with E-state index in [2.05, 4.69) is 5.16 Å². The fourth-order valence-corrected chi connectivity index (χ4v) is 1.93. The van der Waals surface area contributed by atoms with Gasteiger partial charge >= 0.3 is 0 Å². The van der Waals surface area contributed by atoms with Crippen molar-refractivity contribution in [2.24, 2.45) is 0 Å². The first kappa shape index (κ1) is 13.3. The molecule has 0 amide bonds. The number of aromatic hydroxyl groups is 1. The highest BCUT2D eigenvalue weighted by Crippen LogP contribution is 2.20. The van der Waals surface area contributed by atoms with Gasteiger partial charge in [-0.3, -0.25) is 4.79 Å². The highest BCUT2D eigenvalue weighted by molar-refractivity contribution is 5.96. The lowest BCUT2D eigenvalue weighted by Crippen LogP contribution is -2.04. The minimum Gasteiger partial charge on any atom is -0.508 e. The monoisotopic (exact) mass is 259 g/mol. The molecule has 0 aliphatic heterocycles. The summed E-state index contributed by atoms with van der Waals surface area (Å²) in [4.78, 5) is 12.1.